The second-order valence-electron chi connectivity index (χ2n) is 13.0. The molecule has 3 aromatic carbocycles. The zero-order chi connectivity index (χ0) is 34.6. The van der Waals surface area contributed by atoms with Gasteiger partial charge in [-0.2, -0.15) is 26.3 Å². The van der Waals surface area contributed by atoms with Gasteiger partial charge in [-0.05, 0) is 120 Å². The fraction of sp³-hybridized carbons (Fsp3) is 0.371. The highest BCUT2D eigenvalue weighted by Crippen LogP contribution is 2.47. The topological polar surface area (TPSA) is 66.8 Å². The molecule has 5 nitrogen and oxygen atoms in total. The number of aromatic carboxylic acids is 1. The molecule has 1 aliphatic carbocycles. The monoisotopic (exact) mass is 679 g/mol. The van der Waals surface area contributed by atoms with Crippen LogP contribution in [-0.4, -0.2) is 34.7 Å². The van der Waals surface area contributed by atoms with Gasteiger partial charge >= 0.3 is 24.4 Å². The van der Waals surface area contributed by atoms with Gasteiger partial charge in [0.05, 0.1) is 22.7 Å². The maximum Gasteiger partial charge on any atom is 0.416 e. The summed E-state index contributed by atoms with van der Waals surface area (Å²) in [4.78, 5) is 26.0. The average molecular weight is 680 g/mol. The number of carbonyl (C=O) groups is 2. The number of aryl methyl sites for hydroxylation is 1. The molecule has 250 valence electrons. The molecule has 0 spiro atoms. The maximum absolute atomic E-state index is 13.6. The summed E-state index contributed by atoms with van der Waals surface area (Å²) in [6.07, 6.45) is -10.3. The third-order valence-electron chi connectivity index (χ3n) is 8.94. The summed E-state index contributed by atoms with van der Waals surface area (Å²) in [7, 11) is 0. The average Bonchev–Trinajstić information content (AvgIpc) is 3.25. The molecule has 0 aromatic heterocycles. The van der Waals surface area contributed by atoms with Crippen LogP contribution < -0.4 is 0 Å². The maximum atomic E-state index is 13.6. The Morgan fingerprint density at radius 2 is 1.62 bits per heavy atom. The van der Waals surface area contributed by atoms with E-state index in [0.29, 0.717) is 30.0 Å². The molecule has 0 bridgehead atoms. The summed E-state index contributed by atoms with van der Waals surface area (Å²) in [6, 6.07) is 10.7. The molecular weight excluding hydrogens is 648 g/mol. The van der Waals surface area contributed by atoms with E-state index in [1.165, 1.54) is 17.9 Å². The van der Waals surface area contributed by atoms with Gasteiger partial charge < -0.3 is 9.84 Å². The molecule has 1 amide bonds. The van der Waals surface area contributed by atoms with Gasteiger partial charge in [-0.1, -0.05) is 37.6 Å². The number of amides is 1. The first-order valence-electron chi connectivity index (χ1n) is 14.9. The minimum atomic E-state index is -5.04. The van der Waals surface area contributed by atoms with Crippen LogP contribution in [-0.2, 0) is 17.1 Å². The predicted octanol–water partition coefficient (Wildman–Crippen LogP) is 10.6. The van der Waals surface area contributed by atoms with Crippen molar-refractivity contribution in [2.24, 2.45) is 5.41 Å². The molecule has 1 heterocycles. The summed E-state index contributed by atoms with van der Waals surface area (Å²) in [5.41, 5.74) is 1.46. The SMILES string of the molecule is Cc1cc(C(=O)O)ccc1-c1ccc(Cl)c(C2=C(CN3C(=O)OC(c4cc(C(F)(F)F)cc(C(F)(F)F)c4)C3C)CC(C)(C)CC2)c1. The minimum absolute atomic E-state index is 0.0350. The van der Waals surface area contributed by atoms with Crippen LogP contribution in [0.3, 0.4) is 0 Å². The molecule has 0 saturated carbocycles. The second-order valence-corrected chi connectivity index (χ2v) is 13.4. The van der Waals surface area contributed by atoms with Crippen LogP contribution in [0.2, 0.25) is 5.02 Å². The van der Waals surface area contributed by atoms with E-state index in [1.807, 2.05) is 19.1 Å². The first-order valence-corrected chi connectivity index (χ1v) is 15.2. The fourth-order valence-corrected chi connectivity index (χ4v) is 6.67. The first kappa shape index (κ1) is 34.3. The number of cyclic esters (lactones) is 1. The first-order chi connectivity index (χ1) is 21.7. The van der Waals surface area contributed by atoms with Gasteiger partial charge in [0.25, 0.3) is 0 Å². The molecule has 1 saturated heterocycles. The lowest BCUT2D eigenvalue weighted by Crippen LogP contribution is -2.35. The lowest BCUT2D eigenvalue weighted by Gasteiger charge is -2.36. The van der Waals surface area contributed by atoms with E-state index in [4.69, 9.17) is 16.3 Å². The molecule has 3 aromatic rings. The number of ether oxygens (including phenoxy) is 1. The zero-order valence-corrected chi connectivity index (χ0v) is 26.7. The van der Waals surface area contributed by atoms with Crippen molar-refractivity contribution in [2.45, 2.75) is 71.5 Å². The van der Waals surface area contributed by atoms with Gasteiger partial charge in [0.15, 0.2) is 0 Å². The lowest BCUT2D eigenvalue weighted by atomic mass is 9.72. The number of nitrogens with zero attached hydrogens (tertiary/aromatic N) is 1. The van der Waals surface area contributed by atoms with Crippen LogP contribution in [0.5, 0.6) is 0 Å². The van der Waals surface area contributed by atoms with Gasteiger partial charge in [0, 0.05) is 11.6 Å². The van der Waals surface area contributed by atoms with Crippen molar-refractivity contribution in [3.63, 3.8) is 0 Å². The summed E-state index contributed by atoms with van der Waals surface area (Å²) in [5, 5.41) is 9.82. The smallest absolute Gasteiger partial charge is 0.416 e. The Morgan fingerprint density at radius 1 is 0.979 bits per heavy atom. The van der Waals surface area contributed by atoms with E-state index in [1.54, 1.807) is 18.2 Å². The van der Waals surface area contributed by atoms with Crippen LogP contribution in [0.4, 0.5) is 31.1 Å². The van der Waals surface area contributed by atoms with E-state index >= 15 is 0 Å². The highest BCUT2D eigenvalue weighted by atomic mass is 35.5. The molecule has 1 fully saturated rings. The quantitative estimate of drug-likeness (QED) is 0.263. The van der Waals surface area contributed by atoms with Crippen molar-refractivity contribution in [1.82, 2.24) is 4.90 Å². The Bertz CT molecular complexity index is 1750. The molecular formula is C35H32ClF6NO4. The Kier molecular flexibility index (Phi) is 8.94. The predicted molar refractivity (Wildman–Crippen MR) is 165 cm³/mol. The second kappa shape index (κ2) is 12.2. The fourth-order valence-electron chi connectivity index (χ4n) is 6.44. The molecule has 2 unspecified atom stereocenters. The highest BCUT2D eigenvalue weighted by Gasteiger charge is 2.44. The zero-order valence-electron chi connectivity index (χ0n) is 25.9. The molecule has 12 heteroatoms. The van der Waals surface area contributed by atoms with E-state index in [9.17, 15) is 41.0 Å². The number of carboxylic acids is 1. The number of carboxylic acid groups (broad SMARTS) is 1. The van der Waals surface area contributed by atoms with E-state index in [2.05, 4.69) is 13.8 Å². The van der Waals surface area contributed by atoms with Crippen LogP contribution in [0.1, 0.15) is 84.3 Å². The van der Waals surface area contributed by atoms with Crippen LogP contribution in [0.25, 0.3) is 16.7 Å². The minimum Gasteiger partial charge on any atom is -0.478 e. The van der Waals surface area contributed by atoms with E-state index < -0.39 is 53.3 Å². The number of allylic oxidation sites excluding steroid dienone is 1. The Hall–Kier alpha value is -3.99. The molecule has 0 radical (unpaired) electrons. The Morgan fingerprint density at radius 3 is 2.19 bits per heavy atom. The normalized spacial score (nSPS) is 20.1. The van der Waals surface area contributed by atoms with Crippen molar-refractivity contribution in [3.8, 4) is 11.1 Å². The van der Waals surface area contributed by atoms with Crippen molar-refractivity contribution < 1.29 is 45.8 Å². The lowest BCUT2D eigenvalue weighted by molar-refractivity contribution is -0.143. The number of carbonyl (C=O) groups excluding carboxylic acids is 1. The standard InChI is InChI=1S/C35H32ClF6NO4/c1-18-11-21(31(44)45)5-7-26(18)20-6-8-29(36)28(14-20)27-9-10-33(3,4)16-23(27)17-43-19(2)30(47-32(43)46)22-12-24(34(37,38)39)15-25(13-22)35(40,41)42/h5-8,11-15,19,30H,9-10,16-17H2,1-4H3,(H,44,45). The van der Waals surface area contributed by atoms with Crippen LogP contribution in [0.15, 0.2) is 60.2 Å². The molecule has 1 aliphatic heterocycles. The molecule has 2 atom stereocenters. The Balaban J connectivity index is 1.53. The summed E-state index contributed by atoms with van der Waals surface area (Å²) >= 11 is 6.74. The van der Waals surface area contributed by atoms with Crippen molar-refractivity contribution in [3.05, 3.63) is 98.6 Å². The number of hydrogen-bond acceptors (Lipinski definition) is 3. The van der Waals surface area contributed by atoms with Gasteiger partial charge in [0.2, 0.25) is 0 Å². The van der Waals surface area contributed by atoms with E-state index in [-0.39, 0.29) is 23.6 Å². The van der Waals surface area contributed by atoms with Crippen molar-refractivity contribution in [2.75, 3.05) is 6.54 Å². The number of alkyl halides is 6. The number of benzene rings is 3. The van der Waals surface area contributed by atoms with Crippen molar-refractivity contribution >= 4 is 29.2 Å². The van der Waals surface area contributed by atoms with Gasteiger partial charge in [0.1, 0.15) is 6.10 Å². The van der Waals surface area contributed by atoms with Crippen LogP contribution >= 0.6 is 11.6 Å². The molecule has 47 heavy (non-hydrogen) atoms. The molecule has 5 rings (SSSR count). The molecule has 1 N–H and O–H groups in total. The van der Waals surface area contributed by atoms with Crippen molar-refractivity contribution in [1.29, 1.82) is 0 Å². The third-order valence-corrected chi connectivity index (χ3v) is 9.27. The summed E-state index contributed by atoms with van der Waals surface area (Å²) in [5.74, 6) is -1.04. The van der Waals surface area contributed by atoms with Gasteiger partial charge in [-0.15, -0.1) is 0 Å². The number of hydrogen-bond donors (Lipinski definition) is 1. The number of halogens is 7. The largest absolute Gasteiger partial charge is 0.478 e. The van der Waals surface area contributed by atoms with Gasteiger partial charge in [-0.3, -0.25) is 4.90 Å². The Labute approximate surface area is 272 Å². The summed E-state index contributed by atoms with van der Waals surface area (Å²) in [6.45, 7) is 7.53. The van der Waals surface area contributed by atoms with Crippen LogP contribution in [0, 0.1) is 12.3 Å². The summed E-state index contributed by atoms with van der Waals surface area (Å²) < 4.78 is 86.9. The third kappa shape index (κ3) is 7.15. The highest BCUT2D eigenvalue weighted by molar-refractivity contribution is 6.32. The van der Waals surface area contributed by atoms with Gasteiger partial charge in [-0.25, -0.2) is 9.59 Å². The number of rotatable bonds is 6. The molecule has 2 aliphatic rings. The van der Waals surface area contributed by atoms with E-state index in [0.717, 1.165) is 39.8 Å².